The molecule has 0 bridgehead atoms. The summed E-state index contributed by atoms with van der Waals surface area (Å²) in [6.07, 6.45) is 3.48. The molecule has 5 rings (SSSR count). The number of nitrogens with zero attached hydrogens (tertiary/aromatic N) is 2. The highest BCUT2D eigenvalue weighted by atomic mass is 16.6. The van der Waals surface area contributed by atoms with Crippen LogP contribution in [0.15, 0.2) is 77.5 Å². The number of hydroxylamine groups is 1. The fourth-order valence-electron chi connectivity index (χ4n) is 3.69. The smallest absolute Gasteiger partial charge is 0.138 e. The Hall–Kier alpha value is -3.94. The standard InChI is InChI=1S/C26H23N3O4/c1-17-23(16-31-27-2)21-8-7-20(14-26(21)32-17)33-25-10-12-29-24-13-19(6-9-22(24)25)30-15-18-5-3-4-11-28-18/h3-14,27H,15-16H2,1-2H3. The zero-order valence-corrected chi connectivity index (χ0v) is 18.4. The van der Waals surface area contributed by atoms with E-state index in [1.54, 1.807) is 19.4 Å². The lowest BCUT2D eigenvalue weighted by Crippen LogP contribution is -2.06. The molecule has 0 unspecified atom stereocenters. The van der Waals surface area contributed by atoms with Crippen LogP contribution in [0.4, 0.5) is 0 Å². The van der Waals surface area contributed by atoms with E-state index in [-0.39, 0.29) is 0 Å². The zero-order chi connectivity index (χ0) is 22.6. The SMILES string of the molecule is CNOCc1c(C)oc2cc(Oc3ccnc4cc(OCc5ccccn5)ccc34)ccc12. The minimum Gasteiger partial charge on any atom is -0.487 e. The van der Waals surface area contributed by atoms with Gasteiger partial charge in [0, 0.05) is 47.9 Å². The molecule has 0 saturated heterocycles. The lowest BCUT2D eigenvalue weighted by molar-refractivity contribution is 0.0443. The highest BCUT2D eigenvalue weighted by molar-refractivity contribution is 5.87. The van der Waals surface area contributed by atoms with Crippen LogP contribution in [0.2, 0.25) is 0 Å². The van der Waals surface area contributed by atoms with Gasteiger partial charge in [-0.25, -0.2) is 5.48 Å². The van der Waals surface area contributed by atoms with Gasteiger partial charge in [0.05, 0.1) is 17.8 Å². The molecule has 3 aromatic heterocycles. The molecule has 0 amide bonds. The minimum absolute atomic E-state index is 0.395. The Morgan fingerprint density at radius 2 is 1.76 bits per heavy atom. The Kier molecular flexibility index (Phi) is 5.89. The van der Waals surface area contributed by atoms with Crippen molar-refractivity contribution in [1.29, 1.82) is 0 Å². The second-order valence-corrected chi connectivity index (χ2v) is 7.49. The normalized spacial score (nSPS) is 11.2. The first-order valence-corrected chi connectivity index (χ1v) is 10.6. The quantitative estimate of drug-likeness (QED) is 0.309. The fraction of sp³-hybridized carbons (Fsp3) is 0.154. The summed E-state index contributed by atoms with van der Waals surface area (Å²) in [4.78, 5) is 14.1. The monoisotopic (exact) mass is 441 g/mol. The first kappa shape index (κ1) is 20.9. The summed E-state index contributed by atoms with van der Waals surface area (Å²) in [5.74, 6) is 2.93. The van der Waals surface area contributed by atoms with E-state index >= 15 is 0 Å². The molecule has 7 nitrogen and oxygen atoms in total. The number of aryl methyl sites for hydroxylation is 1. The van der Waals surface area contributed by atoms with Gasteiger partial charge in [-0.1, -0.05) is 6.07 Å². The van der Waals surface area contributed by atoms with E-state index in [0.717, 1.165) is 44.6 Å². The highest BCUT2D eigenvalue weighted by Gasteiger charge is 2.13. The average molecular weight is 441 g/mol. The third-order valence-corrected chi connectivity index (χ3v) is 5.34. The molecule has 0 atom stereocenters. The molecular formula is C26H23N3O4. The van der Waals surface area contributed by atoms with Gasteiger partial charge in [0.15, 0.2) is 0 Å². The predicted molar refractivity (Wildman–Crippen MR) is 125 cm³/mol. The molecule has 5 aromatic rings. The van der Waals surface area contributed by atoms with Gasteiger partial charge in [-0.3, -0.25) is 14.8 Å². The summed E-state index contributed by atoms with van der Waals surface area (Å²) in [5, 5.41) is 1.89. The Labute approximate surface area is 190 Å². The number of aromatic nitrogens is 2. The molecule has 0 aliphatic rings. The first-order valence-electron chi connectivity index (χ1n) is 10.6. The van der Waals surface area contributed by atoms with Crippen LogP contribution in [-0.2, 0) is 18.1 Å². The highest BCUT2D eigenvalue weighted by Crippen LogP contribution is 2.34. The molecule has 0 fully saturated rings. The molecule has 0 saturated carbocycles. The average Bonchev–Trinajstić information content (AvgIpc) is 3.16. The Bertz CT molecular complexity index is 1400. The van der Waals surface area contributed by atoms with Gasteiger partial charge in [-0.05, 0) is 49.4 Å². The zero-order valence-electron chi connectivity index (χ0n) is 18.4. The second kappa shape index (κ2) is 9.28. The van der Waals surface area contributed by atoms with Gasteiger partial charge in [-0.2, -0.15) is 0 Å². The number of rotatable bonds is 8. The van der Waals surface area contributed by atoms with Crippen LogP contribution >= 0.6 is 0 Å². The van der Waals surface area contributed by atoms with Crippen molar-refractivity contribution in [2.24, 2.45) is 0 Å². The summed E-state index contributed by atoms with van der Waals surface area (Å²) >= 11 is 0. The Balaban J connectivity index is 1.38. The molecule has 0 aliphatic carbocycles. The first-order chi connectivity index (χ1) is 16.2. The van der Waals surface area contributed by atoms with Gasteiger partial charge in [0.1, 0.15) is 35.2 Å². The molecule has 7 heteroatoms. The molecule has 0 aliphatic heterocycles. The van der Waals surface area contributed by atoms with Crippen molar-refractivity contribution in [1.82, 2.24) is 15.4 Å². The number of pyridine rings is 2. The number of benzene rings is 2. The molecule has 1 N–H and O–H groups in total. The van der Waals surface area contributed by atoms with Crippen LogP contribution in [0.1, 0.15) is 17.0 Å². The van der Waals surface area contributed by atoms with Crippen LogP contribution in [0.5, 0.6) is 17.2 Å². The van der Waals surface area contributed by atoms with Crippen molar-refractivity contribution < 1.29 is 18.7 Å². The van der Waals surface area contributed by atoms with E-state index in [0.29, 0.717) is 24.7 Å². The number of nitrogens with one attached hydrogen (secondary N) is 1. The minimum atomic E-state index is 0.395. The largest absolute Gasteiger partial charge is 0.487 e. The number of furan rings is 1. The number of hydrogen-bond donors (Lipinski definition) is 1. The topological polar surface area (TPSA) is 78.6 Å². The van der Waals surface area contributed by atoms with E-state index < -0.39 is 0 Å². The number of ether oxygens (including phenoxy) is 2. The molecular weight excluding hydrogens is 418 g/mol. The van der Waals surface area contributed by atoms with E-state index in [2.05, 4.69) is 15.4 Å². The van der Waals surface area contributed by atoms with Gasteiger partial charge >= 0.3 is 0 Å². The van der Waals surface area contributed by atoms with Gasteiger partial charge in [0.25, 0.3) is 0 Å². The van der Waals surface area contributed by atoms with Crippen LogP contribution in [0.3, 0.4) is 0 Å². The van der Waals surface area contributed by atoms with Gasteiger partial charge in [-0.15, -0.1) is 0 Å². The maximum atomic E-state index is 6.20. The summed E-state index contributed by atoms with van der Waals surface area (Å²) in [5.41, 5.74) is 6.11. The van der Waals surface area contributed by atoms with E-state index in [1.165, 1.54) is 0 Å². The maximum Gasteiger partial charge on any atom is 0.138 e. The van der Waals surface area contributed by atoms with Crippen LogP contribution in [0.25, 0.3) is 21.9 Å². The van der Waals surface area contributed by atoms with Crippen molar-refractivity contribution in [3.05, 3.63) is 90.1 Å². The maximum absolute atomic E-state index is 6.20. The summed E-state index contributed by atoms with van der Waals surface area (Å²) in [6.45, 7) is 2.75. The van der Waals surface area contributed by atoms with E-state index in [9.17, 15) is 0 Å². The molecule has 33 heavy (non-hydrogen) atoms. The molecule has 0 radical (unpaired) electrons. The second-order valence-electron chi connectivity index (χ2n) is 7.49. The van der Waals surface area contributed by atoms with Gasteiger partial charge in [0.2, 0.25) is 0 Å². The molecule has 2 aromatic carbocycles. The van der Waals surface area contributed by atoms with Crippen molar-refractivity contribution in [2.45, 2.75) is 20.1 Å². The van der Waals surface area contributed by atoms with Crippen molar-refractivity contribution in [3.63, 3.8) is 0 Å². The molecule has 3 heterocycles. The number of hydrogen-bond acceptors (Lipinski definition) is 7. The predicted octanol–water partition coefficient (Wildman–Crippen LogP) is 5.71. The third kappa shape index (κ3) is 4.50. The van der Waals surface area contributed by atoms with Crippen LogP contribution in [0, 0.1) is 6.92 Å². The lowest BCUT2D eigenvalue weighted by atomic mass is 10.1. The van der Waals surface area contributed by atoms with Crippen molar-refractivity contribution in [3.8, 4) is 17.2 Å². The fourth-order valence-corrected chi connectivity index (χ4v) is 3.69. The summed E-state index contributed by atoms with van der Waals surface area (Å²) in [6, 6.07) is 19.2. The summed E-state index contributed by atoms with van der Waals surface area (Å²) in [7, 11) is 1.73. The van der Waals surface area contributed by atoms with Gasteiger partial charge < -0.3 is 13.9 Å². The molecule has 0 spiro atoms. The number of fused-ring (bicyclic) bond motifs is 2. The third-order valence-electron chi connectivity index (χ3n) is 5.34. The van der Waals surface area contributed by atoms with E-state index in [1.807, 2.05) is 67.6 Å². The summed E-state index contributed by atoms with van der Waals surface area (Å²) < 4.78 is 18.0. The Morgan fingerprint density at radius 3 is 2.61 bits per heavy atom. The van der Waals surface area contributed by atoms with E-state index in [4.69, 9.17) is 18.7 Å². The van der Waals surface area contributed by atoms with Crippen LogP contribution in [-0.4, -0.2) is 17.0 Å². The lowest BCUT2D eigenvalue weighted by Gasteiger charge is -2.10. The molecule has 166 valence electrons. The van der Waals surface area contributed by atoms with Crippen LogP contribution < -0.4 is 15.0 Å². The van der Waals surface area contributed by atoms with Crippen molar-refractivity contribution in [2.75, 3.05) is 7.05 Å². The Morgan fingerprint density at radius 1 is 0.879 bits per heavy atom. The van der Waals surface area contributed by atoms with Crippen molar-refractivity contribution >= 4 is 21.9 Å².